The molecule has 5 aromatic rings. The molecule has 1 unspecified atom stereocenters. The van der Waals surface area contributed by atoms with Crippen LogP contribution in [0, 0.1) is 0 Å². The molecule has 0 heterocycles. The van der Waals surface area contributed by atoms with Crippen molar-refractivity contribution in [3.8, 4) is 5.75 Å². The highest BCUT2D eigenvalue weighted by Gasteiger charge is 2.13. The fraction of sp³-hybridized carbons (Fsp3) is 0.154. The molecular formula is C26H24NO2P. The van der Waals surface area contributed by atoms with E-state index in [-0.39, 0.29) is 0 Å². The van der Waals surface area contributed by atoms with Crippen molar-refractivity contribution in [2.75, 3.05) is 0 Å². The molecule has 5 rings (SSSR count). The van der Waals surface area contributed by atoms with E-state index in [0.29, 0.717) is 12.3 Å². The molecule has 1 atom stereocenters. The number of benzene rings is 5. The van der Waals surface area contributed by atoms with Crippen molar-refractivity contribution in [1.29, 1.82) is 0 Å². The van der Waals surface area contributed by atoms with Gasteiger partial charge in [-0.05, 0) is 51.2 Å². The Morgan fingerprint density at radius 3 is 2.20 bits per heavy atom. The third-order valence-corrected chi connectivity index (χ3v) is 6.62. The van der Waals surface area contributed by atoms with Crippen molar-refractivity contribution in [2.45, 2.75) is 26.3 Å². The SMILES string of the molecule is CCCc1ccccc1CN[PH](=O)Oc1ccc2ccc3cccc4ccc1c2c34. The average Bonchev–Trinajstić information content (AvgIpc) is 2.78. The minimum absolute atomic E-state index is 0.541. The molecule has 0 saturated carbocycles. The maximum atomic E-state index is 12.8. The molecule has 3 nitrogen and oxygen atoms in total. The predicted octanol–water partition coefficient (Wildman–Crippen LogP) is 7.09. The molecule has 0 aromatic heterocycles. The molecule has 0 radical (unpaired) electrons. The van der Waals surface area contributed by atoms with Crippen LogP contribution in [0.25, 0.3) is 32.3 Å². The lowest BCUT2D eigenvalue weighted by molar-refractivity contribution is 0.494. The second-order valence-corrected chi connectivity index (χ2v) is 8.81. The summed E-state index contributed by atoms with van der Waals surface area (Å²) in [5.74, 6) is 0.666. The summed E-state index contributed by atoms with van der Waals surface area (Å²) in [4.78, 5) is 0. The van der Waals surface area contributed by atoms with Gasteiger partial charge in [-0.15, -0.1) is 0 Å². The zero-order valence-corrected chi connectivity index (χ0v) is 17.9. The van der Waals surface area contributed by atoms with E-state index < -0.39 is 8.18 Å². The van der Waals surface area contributed by atoms with Crippen LogP contribution in [0.1, 0.15) is 24.5 Å². The summed E-state index contributed by atoms with van der Waals surface area (Å²) >= 11 is 0. The Labute approximate surface area is 176 Å². The van der Waals surface area contributed by atoms with E-state index in [4.69, 9.17) is 4.52 Å². The molecule has 0 aliphatic heterocycles. The third kappa shape index (κ3) is 3.45. The maximum absolute atomic E-state index is 12.8. The third-order valence-electron chi connectivity index (χ3n) is 5.75. The molecular weight excluding hydrogens is 389 g/mol. The Hall–Kier alpha value is -2.87. The number of aryl methyl sites for hydroxylation is 1. The highest BCUT2D eigenvalue weighted by Crippen LogP contribution is 2.40. The van der Waals surface area contributed by atoms with Crippen molar-refractivity contribution in [3.05, 3.63) is 90.0 Å². The fourth-order valence-corrected chi connectivity index (χ4v) is 5.13. The lowest BCUT2D eigenvalue weighted by Crippen LogP contribution is -2.08. The summed E-state index contributed by atoms with van der Waals surface area (Å²) in [6.45, 7) is 2.71. The summed E-state index contributed by atoms with van der Waals surface area (Å²) in [6, 6.07) is 27.1. The van der Waals surface area contributed by atoms with Gasteiger partial charge < -0.3 is 4.52 Å². The summed E-state index contributed by atoms with van der Waals surface area (Å²) in [5.41, 5.74) is 2.47. The van der Waals surface area contributed by atoms with Gasteiger partial charge in [0.1, 0.15) is 5.75 Å². The van der Waals surface area contributed by atoms with Gasteiger partial charge in [0, 0.05) is 17.3 Å². The minimum atomic E-state index is -2.44. The summed E-state index contributed by atoms with van der Waals surface area (Å²) in [7, 11) is -2.44. The van der Waals surface area contributed by atoms with Crippen LogP contribution >= 0.6 is 8.18 Å². The van der Waals surface area contributed by atoms with Gasteiger partial charge in [0.05, 0.1) is 0 Å². The molecule has 150 valence electrons. The lowest BCUT2D eigenvalue weighted by Gasteiger charge is -2.15. The fourth-order valence-electron chi connectivity index (χ4n) is 4.34. The second-order valence-electron chi connectivity index (χ2n) is 7.68. The molecule has 5 aromatic carbocycles. The molecule has 0 bridgehead atoms. The van der Waals surface area contributed by atoms with Crippen LogP contribution in [0.2, 0.25) is 0 Å². The van der Waals surface area contributed by atoms with E-state index in [1.165, 1.54) is 38.1 Å². The number of hydrogen-bond donors (Lipinski definition) is 1. The van der Waals surface area contributed by atoms with Gasteiger partial charge >= 0.3 is 8.18 Å². The van der Waals surface area contributed by atoms with Gasteiger partial charge in [-0.1, -0.05) is 80.1 Å². The normalized spacial score (nSPS) is 12.7. The molecule has 0 aliphatic carbocycles. The molecule has 0 fully saturated rings. The Kier molecular flexibility index (Phi) is 5.16. The summed E-state index contributed by atoms with van der Waals surface area (Å²) in [6.07, 6.45) is 2.11. The monoisotopic (exact) mass is 413 g/mol. The zero-order chi connectivity index (χ0) is 20.5. The van der Waals surface area contributed by atoms with Crippen LogP contribution in [0.4, 0.5) is 0 Å². The largest absolute Gasteiger partial charge is 0.434 e. The smallest absolute Gasteiger partial charge is 0.305 e. The van der Waals surface area contributed by atoms with E-state index in [0.717, 1.165) is 18.2 Å². The van der Waals surface area contributed by atoms with Crippen LogP contribution in [-0.4, -0.2) is 0 Å². The minimum Gasteiger partial charge on any atom is -0.434 e. The van der Waals surface area contributed by atoms with E-state index >= 15 is 0 Å². The van der Waals surface area contributed by atoms with Crippen LogP contribution in [0.5, 0.6) is 5.75 Å². The van der Waals surface area contributed by atoms with E-state index in [2.05, 4.69) is 78.7 Å². The van der Waals surface area contributed by atoms with Crippen molar-refractivity contribution < 1.29 is 9.09 Å². The van der Waals surface area contributed by atoms with Crippen LogP contribution in [-0.2, 0) is 17.5 Å². The first-order chi connectivity index (χ1) is 14.7. The topological polar surface area (TPSA) is 38.3 Å². The quantitative estimate of drug-likeness (QED) is 0.229. The Balaban J connectivity index is 1.43. The predicted molar refractivity (Wildman–Crippen MR) is 127 cm³/mol. The standard InChI is InChI=1S/C26H24NO2P/c1-2-6-18-7-3-4-8-22(18)17-27-30(28)29-24-16-14-21-12-11-19-9-5-10-20-13-15-23(24)26(21)25(19)20/h3-5,7-16,30H,2,6,17H2,1H3,(H,27,28). The lowest BCUT2D eigenvalue weighted by atomic mass is 9.94. The summed E-state index contributed by atoms with van der Waals surface area (Å²) < 4.78 is 18.7. The molecule has 0 aliphatic rings. The first-order valence-corrected chi connectivity index (χ1v) is 11.8. The first kappa shape index (κ1) is 19.1. The van der Waals surface area contributed by atoms with E-state index in [1.54, 1.807) is 0 Å². The first-order valence-electron chi connectivity index (χ1n) is 10.4. The van der Waals surface area contributed by atoms with Gasteiger partial charge in [0.2, 0.25) is 0 Å². The zero-order valence-electron chi connectivity index (χ0n) is 16.9. The Morgan fingerprint density at radius 2 is 1.43 bits per heavy atom. The van der Waals surface area contributed by atoms with Gasteiger partial charge in [-0.3, -0.25) is 4.57 Å². The molecule has 0 saturated heterocycles. The van der Waals surface area contributed by atoms with Gasteiger partial charge in [-0.25, -0.2) is 5.09 Å². The van der Waals surface area contributed by atoms with Crippen molar-refractivity contribution in [2.24, 2.45) is 0 Å². The van der Waals surface area contributed by atoms with Crippen molar-refractivity contribution >= 4 is 40.5 Å². The van der Waals surface area contributed by atoms with Crippen molar-refractivity contribution in [3.63, 3.8) is 0 Å². The Bertz CT molecular complexity index is 1350. The molecule has 4 heteroatoms. The average molecular weight is 413 g/mol. The van der Waals surface area contributed by atoms with E-state index in [1.807, 2.05) is 12.1 Å². The van der Waals surface area contributed by atoms with Crippen LogP contribution in [0.3, 0.4) is 0 Å². The number of nitrogens with one attached hydrogen (secondary N) is 1. The van der Waals surface area contributed by atoms with Gasteiger partial charge in [0.15, 0.2) is 0 Å². The highest BCUT2D eigenvalue weighted by atomic mass is 31.1. The van der Waals surface area contributed by atoms with Crippen LogP contribution < -0.4 is 9.61 Å². The van der Waals surface area contributed by atoms with E-state index in [9.17, 15) is 4.57 Å². The molecule has 30 heavy (non-hydrogen) atoms. The van der Waals surface area contributed by atoms with Crippen molar-refractivity contribution in [1.82, 2.24) is 5.09 Å². The maximum Gasteiger partial charge on any atom is 0.305 e. The van der Waals surface area contributed by atoms with Gasteiger partial charge in [-0.2, -0.15) is 0 Å². The molecule has 0 amide bonds. The van der Waals surface area contributed by atoms with Gasteiger partial charge in [0.25, 0.3) is 0 Å². The van der Waals surface area contributed by atoms with Crippen LogP contribution in [0.15, 0.2) is 78.9 Å². The number of rotatable bonds is 7. The number of hydrogen-bond acceptors (Lipinski definition) is 2. The Morgan fingerprint density at radius 1 is 0.767 bits per heavy atom. The highest BCUT2D eigenvalue weighted by molar-refractivity contribution is 7.37. The second kappa shape index (κ2) is 8.10. The molecule has 1 N–H and O–H groups in total. The molecule has 0 spiro atoms. The summed E-state index contributed by atoms with van der Waals surface area (Å²) in [5, 5.41) is 10.1.